The highest BCUT2D eigenvalue weighted by Crippen LogP contribution is 2.28. The number of aryl methyl sites for hydroxylation is 1. The molecule has 0 bridgehead atoms. The number of ether oxygens (including phenoxy) is 1. The van der Waals surface area contributed by atoms with E-state index in [1.807, 2.05) is 43.3 Å². The third-order valence-electron chi connectivity index (χ3n) is 5.17. The second-order valence-corrected chi connectivity index (χ2v) is 9.67. The first-order valence-corrected chi connectivity index (χ1v) is 12.2. The summed E-state index contributed by atoms with van der Waals surface area (Å²) in [6.45, 7) is 1.96. The Morgan fingerprint density at radius 3 is 2.43 bits per heavy atom. The first-order valence-electron chi connectivity index (χ1n) is 10.7. The van der Waals surface area contributed by atoms with Crippen molar-refractivity contribution in [1.82, 2.24) is 10.2 Å². The molecule has 4 amide bonds. The number of carbonyl (C=O) groups excluding carboxylic acids is 3. The smallest absolute Gasteiger partial charge is 0.329 e. The van der Waals surface area contributed by atoms with Gasteiger partial charge in [-0.3, -0.25) is 9.59 Å². The van der Waals surface area contributed by atoms with Crippen molar-refractivity contribution < 1.29 is 19.1 Å². The van der Waals surface area contributed by atoms with Gasteiger partial charge >= 0.3 is 6.03 Å². The standard InChI is InChI=1S/C26H21Br2N3O4/c1-16-2-9-20(10-3-16)29-24(32)14-31-25(33)22(30-26(31)34)13-18-6-11-23(21(28)12-18)35-15-17-4-7-19(27)8-5-17/h2-13H,14-15H2,1H3,(H,29,32)(H,30,34)/b22-13+. The van der Waals surface area contributed by atoms with E-state index in [4.69, 9.17) is 4.74 Å². The minimum absolute atomic E-state index is 0.0913. The number of hydrogen-bond donors (Lipinski definition) is 2. The monoisotopic (exact) mass is 597 g/mol. The summed E-state index contributed by atoms with van der Waals surface area (Å²) < 4.78 is 7.57. The molecular weight excluding hydrogens is 578 g/mol. The van der Waals surface area contributed by atoms with E-state index in [1.54, 1.807) is 36.4 Å². The van der Waals surface area contributed by atoms with Crippen molar-refractivity contribution in [2.24, 2.45) is 0 Å². The first-order chi connectivity index (χ1) is 16.8. The highest BCUT2D eigenvalue weighted by molar-refractivity contribution is 9.10. The number of amides is 4. The zero-order valence-electron chi connectivity index (χ0n) is 18.7. The second kappa shape index (κ2) is 10.9. The van der Waals surface area contributed by atoms with Crippen molar-refractivity contribution in [1.29, 1.82) is 0 Å². The van der Waals surface area contributed by atoms with Crippen LogP contribution in [-0.2, 0) is 16.2 Å². The van der Waals surface area contributed by atoms with Gasteiger partial charge in [0.15, 0.2) is 0 Å². The van der Waals surface area contributed by atoms with E-state index in [2.05, 4.69) is 42.5 Å². The molecule has 0 unspecified atom stereocenters. The van der Waals surface area contributed by atoms with Crippen LogP contribution in [0.25, 0.3) is 6.08 Å². The van der Waals surface area contributed by atoms with Crippen LogP contribution >= 0.6 is 31.9 Å². The molecule has 7 nitrogen and oxygen atoms in total. The summed E-state index contributed by atoms with van der Waals surface area (Å²) in [6, 6.07) is 19.8. The van der Waals surface area contributed by atoms with Crippen LogP contribution in [0.3, 0.4) is 0 Å². The van der Waals surface area contributed by atoms with Gasteiger partial charge in [-0.1, -0.05) is 51.8 Å². The number of urea groups is 1. The number of rotatable bonds is 7. The maximum Gasteiger partial charge on any atom is 0.329 e. The Hall–Kier alpha value is -3.43. The van der Waals surface area contributed by atoms with Crippen LogP contribution < -0.4 is 15.4 Å². The summed E-state index contributed by atoms with van der Waals surface area (Å²) in [5, 5.41) is 5.22. The zero-order valence-corrected chi connectivity index (χ0v) is 21.9. The van der Waals surface area contributed by atoms with Crippen LogP contribution in [0.4, 0.5) is 10.5 Å². The lowest BCUT2D eigenvalue weighted by Gasteiger charge is -2.12. The Bertz CT molecular complexity index is 1310. The van der Waals surface area contributed by atoms with E-state index < -0.39 is 17.8 Å². The van der Waals surface area contributed by atoms with E-state index in [0.717, 1.165) is 20.5 Å². The number of benzene rings is 3. The Balaban J connectivity index is 1.39. The molecule has 0 spiro atoms. The molecule has 0 aromatic heterocycles. The van der Waals surface area contributed by atoms with Crippen molar-refractivity contribution in [3.8, 4) is 5.75 Å². The summed E-state index contributed by atoms with van der Waals surface area (Å²) >= 11 is 6.90. The van der Waals surface area contributed by atoms with E-state index in [1.165, 1.54) is 0 Å². The van der Waals surface area contributed by atoms with Crippen LogP contribution in [0.1, 0.15) is 16.7 Å². The zero-order chi connectivity index (χ0) is 24.9. The average Bonchev–Trinajstić information content (AvgIpc) is 3.08. The van der Waals surface area contributed by atoms with E-state index in [0.29, 0.717) is 28.1 Å². The van der Waals surface area contributed by atoms with Crippen LogP contribution in [0, 0.1) is 6.92 Å². The molecule has 0 radical (unpaired) electrons. The lowest BCUT2D eigenvalue weighted by Crippen LogP contribution is -2.38. The molecule has 1 fully saturated rings. The van der Waals surface area contributed by atoms with Gasteiger partial charge in [0.2, 0.25) is 5.91 Å². The Morgan fingerprint density at radius 2 is 1.74 bits per heavy atom. The number of imide groups is 1. The SMILES string of the molecule is Cc1ccc(NC(=O)CN2C(=O)N/C(=C/c3ccc(OCc4ccc(Br)cc4)c(Br)c3)C2=O)cc1. The molecule has 4 rings (SSSR count). The summed E-state index contributed by atoms with van der Waals surface area (Å²) in [6.07, 6.45) is 1.56. The van der Waals surface area contributed by atoms with Crippen LogP contribution in [0.5, 0.6) is 5.75 Å². The Labute approximate surface area is 219 Å². The second-order valence-electron chi connectivity index (χ2n) is 7.90. The van der Waals surface area contributed by atoms with Gasteiger partial charge in [-0.25, -0.2) is 9.69 Å². The largest absolute Gasteiger partial charge is 0.488 e. The van der Waals surface area contributed by atoms with E-state index in [9.17, 15) is 14.4 Å². The fraction of sp³-hybridized carbons (Fsp3) is 0.115. The van der Waals surface area contributed by atoms with Gasteiger partial charge < -0.3 is 15.4 Å². The molecule has 2 N–H and O–H groups in total. The molecular formula is C26H21Br2N3O4. The Morgan fingerprint density at radius 1 is 1.03 bits per heavy atom. The molecule has 3 aromatic carbocycles. The summed E-state index contributed by atoms with van der Waals surface area (Å²) in [7, 11) is 0. The predicted molar refractivity (Wildman–Crippen MR) is 141 cm³/mol. The number of nitrogens with zero attached hydrogens (tertiary/aromatic N) is 1. The van der Waals surface area contributed by atoms with Crippen LogP contribution in [0.2, 0.25) is 0 Å². The van der Waals surface area contributed by atoms with Crippen molar-refractivity contribution in [2.75, 3.05) is 11.9 Å². The van der Waals surface area contributed by atoms with Crippen LogP contribution in [0.15, 0.2) is 81.4 Å². The van der Waals surface area contributed by atoms with Crippen molar-refractivity contribution in [2.45, 2.75) is 13.5 Å². The highest BCUT2D eigenvalue weighted by atomic mass is 79.9. The maximum absolute atomic E-state index is 12.7. The lowest BCUT2D eigenvalue weighted by molar-refractivity contribution is -0.127. The quantitative estimate of drug-likeness (QED) is 0.272. The fourth-order valence-corrected chi connectivity index (χ4v) is 4.10. The molecule has 1 aliphatic rings. The minimum Gasteiger partial charge on any atom is -0.488 e. The van der Waals surface area contributed by atoms with Gasteiger partial charge in [-0.2, -0.15) is 0 Å². The fourth-order valence-electron chi connectivity index (χ4n) is 3.33. The predicted octanol–water partition coefficient (Wildman–Crippen LogP) is 5.63. The van der Waals surface area contributed by atoms with Gasteiger partial charge in [-0.15, -0.1) is 0 Å². The molecule has 0 aliphatic carbocycles. The number of halogens is 2. The normalized spacial score (nSPS) is 14.3. The third kappa shape index (κ3) is 6.37. The van der Waals surface area contributed by atoms with Gasteiger partial charge in [0.1, 0.15) is 24.6 Å². The lowest BCUT2D eigenvalue weighted by atomic mass is 10.2. The minimum atomic E-state index is -0.645. The molecule has 178 valence electrons. The molecule has 0 saturated carbocycles. The number of nitrogens with one attached hydrogen (secondary N) is 2. The van der Waals surface area contributed by atoms with Crippen molar-refractivity contribution in [3.05, 3.63) is 98.1 Å². The third-order valence-corrected chi connectivity index (χ3v) is 6.32. The molecule has 9 heteroatoms. The molecule has 1 saturated heterocycles. The van der Waals surface area contributed by atoms with E-state index in [-0.39, 0.29) is 12.2 Å². The number of hydrogen-bond acceptors (Lipinski definition) is 4. The van der Waals surface area contributed by atoms with Crippen LogP contribution in [-0.4, -0.2) is 29.3 Å². The number of carbonyl (C=O) groups is 3. The van der Waals surface area contributed by atoms with Gasteiger partial charge in [0, 0.05) is 10.2 Å². The van der Waals surface area contributed by atoms with Crippen molar-refractivity contribution >= 4 is 61.5 Å². The summed E-state index contributed by atoms with van der Waals surface area (Å²) in [5.74, 6) is -0.388. The van der Waals surface area contributed by atoms with E-state index >= 15 is 0 Å². The Kier molecular flexibility index (Phi) is 7.67. The first kappa shape index (κ1) is 24.7. The average molecular weight is 599 g/mol. The van der Waals surface area contributed by atoms with Gasteiger partial charge in [0.25, 0.3) is 5.91 Å². The molecule has 3 aromatic rings. The van der Waals surface area contributed by atoms with Gasteiger partial charge in [-0.05, 0) is 76.5 Å². The van der Waals surface area contributed by atoms with Crippen molar-refractivity contribution in [3.63, 3.8) is 0 Å². The molecule has 1 aliphatic heterocycles. The molecule has 0 atom stereocenters. The summed E-state index contributed by atoms with van der Waals surface area (Å²) in [5.41, 5.74) is 3.45. The molecule has 1 heterocycles. The molecule has 35 heavy (non-hydrogen) atoms. The highest BCUT2D eigenvalue weighted by Gasteiger charge is 2.34. The summed E-state index contributed by atoms with van der Waals surface area (Å²) in [4.78, 5) is 38.3. The topological polar surface area (TPSA) is 87.7 Å². The number of anilines is 1. The maximum atomic E-state index is 12.7. The van der Waals surface area contributed by atoms with Gasteiger partial charge in [0.05, 0.1) is 4.47 Å².